The van der Waals surface area contributed by atoms with Crippen LogP contribution in [0.15, 0.2) is 57.9 Å². The Morgan fingerprint density at radius 3 is 2.53 bits per heavy atom. The molecule has 0 aliphatic heterocycles. The quantitative estimate of drug-likeness (QED) is 0.345. The van der Waals surface area contributed by atoms with Gasteiger partial charge < -0.3 is 23.5 Å². The van der Waals surface area contributed by atoms with Crippen molar-refractivity contribution in [2.24, 2.45) is 0 Å². The summed E-state index contributed by atoms with van der Waals surface area (Å²) >= 11 is 3.16. The van der Waals surface area contributed by atoms with E-state index >= 15 is 0 Å². The molecule has 0 radical (unpaired) electrons. The molecule has 1 unspecified atom stereocenters. The highest BCUT2D eigenvalue weighted by atomic mass is 79.9. The average molecular weight is 508 g/mol. The molecule has 2 atom stereocenters. The van der Waals surface area contributed by atoms with Crippen molar-refractivity contribution < 1.29 is 23.3 Å². The Morgan fingerprint density at radius 1 is 1.09 bits per heavy atom. The number of methoxy groups -OCH3 is 2. The summed E-state index contributed by atoms with van der Waals surface area (Å²) in [5, 5.41) is 0.993. The number of aromatic nitrogens is 1. The molecular weight excluding hydrogens is 481 g/mol. The molecule has 0 aliphatic rings. The fraction of sp³-hybridized carbons (Fsp3) is 0.375. The maximum atomic E-state index is 14.0. The molecule has 0 bridgehead atoms. The fourth-order valence-electron chi connectivity index (χ4n) is 3.40. The van der Waals surface area contributed by atoms with Gasteiger partial charge in [0.1, 0.15) is 18.4 Å². The summed E-state index contributed by atoms with van der Waals surface area (Å²) in [5.74, 6) is 0.322. The lowest BCUT2D eigenvalue weighted by Crippen LogP contribution is -2.31. The summed E-state index contributed by atoms with van der Waals surface area (Å²) in [7, 11) is 3.17. The molecule has 0 saturated heterocycles. The first-order valence-corrected chi connectivity index (χ1v) is 11.0. The van der Waals surface area contributed by atoms with Crippen LogP contribution in [0.2, 0.25) is 0 Å². The van der Waals surface area contributed by atoms with Gasteiger partial charge in [-0.2, -0.15) is 0 Å². The van der Waals surface area contributed by atoms with Gasteiger partial charge in [-0.15, -0.1) is 0 Å². The summed E-state index contributed by atoms with van der Waals surface area (Å²) in [6, 6.07) is 12.3. The summed E-state index contributed by atoms with van der Waals surface area (Å²) in [6.07, 6.45) is 1.81. The number of nitrogens with zero attached hydrogens (tertiary/aromatic N) is 1. The van der Waals surface area contributed by atoms with Gasteiger partial charge in [0.15, 0.2) is 0 Å². The minimum Gasteiger partial charge on any atom is -0.497 e. The fourth-order valence-corrected chi connectivity index (χ4v) is 3.76. The van der Waals surface area contributed by atoms with Gasteiger partial charge in [0.25, 0.3) is 5.56 Å². The largest absolute Gasteiger partial charge is 0.497 e. The van der Waals surface area contributed by atoms with E-state index in [2.05, 4.69) is 15.9 Å². The van der Waals surface area contributed by atoms with Crippen LogP contribution < -0.4 is 10.3 Å². The highest BCUT2D eigenvalue weighted by Gasteiger charge is 2.17. The first-order chi connectivity index (χ1) is 15.4. The molecule has 0 N–H and O–H groups in total. The Hall–Kier alpha value is -2.26. The molecule has 6 nitrogen and oxygen atoms in total. The van der Waals surface area contributed by atoms with Crippen molar-refractivity contribution in [2.75, 3.05) is 21.0 Å². The van der Waals surface area contributed by atoms with Crippen LogP contribution in [-0.2, 0) is 27.4 Å². The van der Waals surface area contributed by atoms with Gasteiger partial charge in [-0.25, -0.2) is 4.39 Å². The monoisotopic (exact) mass is 507 g/mol. The molecule has 0 fully saturated rings. The van der Waals surface area contributed by atoms with E-state index in [4.69, 9.17) is 18.9 Å². The van der Waals surface area contributed by atoms with Crippen molar-refractivity contribution in [1.82, 2.24) is 4.57 Å². The third-order valence-electron chi connectivity index (χ3n) is 5.13. The topological polar surface area (TPSA) is 58.9 Å². The summed E-state index contributed by atoms with van der Waals surface area (Å²) < 4.78 is 37.8. The average Bonchev–Trinajstić information content (AvgIpc) is 2.79. The third kappa shape index (κ3) is 6.38. The van der Waals surface area contributed by atoms with Crippen LogP contribution in [-0.4, -0.2) is 37.8 Å². The first-order valence-electron chi connectivity index (χ1n) is 10.2. The SMILES string of the molecule is COCOC(C[C@H](C)OCc1ccc(OC)cc1)Cn1ccc2cc(Br)c(F)cc2c1=O. The van der Waals surface area contributed by atoms with Crippen LogP contribution >= 0.6 is 15.9 Å². The second-order valence-electron chi connectivity index (χ2n) is 7.53. The van der Waals surface area contributed by atoms with E-state index < -0.39 is 5.82 Å². The van der Waals surface area contributed by atoms with E-state index in [0.29, 0.717) is 34.8 Å². The third-order valence-corrected chi connectivity index (χ3v) is 5.74. The predicted octanol–water partition coefficient (Wildman–Crippen LogP) is 4.90. The number of benzene rings is 2. The van der Waals surface area contributed by atoms with Gasteiger partial charge in [0.05, 0.1) is 42.3 Å². The van der Waals surface area contributed by atoms with Crippen molar-refractivity contribution in [3.05, 3.63) is 74.9 Å². The molecule has 172 valence electrons. The van der Waals surface area contributed by atoms with E-state index in [1.165, 1.54) is 10.6 Å². The number of rotatable bonds is 11. The highest BCUT2D eigenvalue weighted by molar-refractivity contribution is 9.10. The van der Waals surface area contributed by atoms with Crippen LogP contribution in [0.1, 0.15) is 18.9 Å². The number of halogens is 2. The van der Waals surface area contributed by atoms with E-state index in [-0.39, 0.29) is 24.6 Å². The number of ether oxygens (including phenoxy) is 4. The normalized spacial score (nSPS) is 13.3. The zero-order valence-corrected chi connectivity index (χ0v) is 19.9. The molecule has 0 saturated carbocycles. The van der Waals surface area contributed by atoms with Crippen molar-refractivity contribution >= 4 is 26.7 Å². The standard InChI is InChI=1S/C24H27BrFNO5/c1-16(31-14-17-4-6-19(30-3)7-5-17)10-20(32-15-29-2)13-27-9-8-18-11-22(25)23(26)12-21(18)24(27)28/h4-9,11-12,16,20H,10,13-15H2,1-3H3/t16-,20?/m0/s1. The molecule has 0 amide bonds. The lowest BCUT2D eigenvalue weighted by molar-refractivity contribution is -0.0951. The van der Waals surface area contributed by atoms with Crippen LogP contribution in [0, 0.1) is 5.82 Å². The zero-order valence-electron chi connectivity index (χ0n) is 18.3. The maximum absolute atomic E-state index is 14.0. The molecule has 1 heterocycles. The van der Waals surface area contributed by atoms with E-state index in [0.717, 1.165) is 11.3 Å². The Labute approximate surface area is 195 Å². The van der Waals surface area contributed by atoms with Gasteiger partial charge >= 0.3 is 0 Å². The summed E-state index contributed by atoms with van der Waals surface area (Å²) in [5.41, 5.74) is 0.762. The molecule has 32 heavy (non-hydrogen) atoms. The first kappa shape index (κ1) is 24.4. The molecule has 2 aromatic carbocycles. The van der Waals surface area contributed by atoms with Crippen LogP contribution in [0.5, 0.6) is 5.75 Å². The van der Waals surface area contributed by atoms with Crippen molar-refractivity contribution in [3.63, 3.8) is 0 Å². The van der Waals surface area contributed by atoms with Gasteiger partial charge in [-0.1, -0.05) is 12.1 Å². The molecule has 1 aromatic heterocycles. The Balaban J connectivity index is 1.68. The highest BCUT2D eigenvalue weighted by Crippen LogP contribution is 2.21. The van der Waals surface area contributed by atoms with Crippen LogP contribution in [0.25, 0.3) is 10.8 Å². The molecule has 0 aliphatic carbocycles. The van der Waals surface area contributed by atoms with Gasteiger partial charge in [-0.3, -0.25) is 4.79 Å². The number of hydrogen-bond acceptors (Lipinski definition) is 5. The smallest absolute Gasteiger partial charge is 0.258 e. The van der Waals surface area contributed by atoms with Gasteiger partial charge in [0.2, 0.25) is 0 Å². The number of hydrogen-bond donors (Lipinski definition) is 0. The Morgan fingerprint density at radius 2 is 1.84 bits per heavy atom. The minimum absolute atomic E-state index is 0.0970. The van der Waals surface area contributed by atoms with E-state index in [1.807, 2.05) is 31.2 Å². The van der Waals surface area contributed by atoms with Gasteiger partial charge in [-0.05, 0) is 64.1 Å². The van der Waals surface area contributed by atoms with Crippen LogP contribution in [0.3, 0.4) is 0 Å². The molecular formula is C24H27BrFNO5. The number of fused-ring (bicyclic) bond motifs is 1. The Bertz CT molecular complexity index is 1090. The molecule has 0 spiro atoms. The van der Waals surface area contributed by atoms with E-state index in [9.17, 15) is 9.18 Å². The predicted molar refractivity (Wildman–Crippen MR) is 124 cm³/mol. The molecule has 3 rings (SSSR count). The Kier molecular flexibility index (Phi) is 8.81. The second kappa shape index (κ2) is 11.6. The lowest BCUT2D eigenvalue weighted by atomic mass is 10.1. The van der Waals surface area contributed by atoms with Crippen molar-refractivity contribution in [1.29, 1.82) is 0 Å². The second-order valence-corrected chi connectivity index (χ2v) is 8.38. The van der Waals surface area contributed by atoms with Gasteiger partial charge in [0, 0.05) is 19.7 Å². The van der Waals surface area contributed by atoms with E-state index in [1.54, 1.807) is 32.5 Å². The summed E-state index contributed by atoms with van der Waals surface area (Å²) in [6.45, 7) is 2.81. The van der Waals surface area contributed by atoms with Crippen molar-refractivity contribution in [3.8, 4) is 5.75 Å². The van der Waals surface area contributed by atoms with Crippen molar-refractivity contribution in [2.45, 2.75) is 38.7 Å². The molecule has 8 heteroatoms. The maximum Gasteiger partial charge on any atom is 0.258 e. The minimum atomic E-state index is -0.472. The summed E-state index contributed by atoms with van der Waals surface area (Å²) in [4.78, 5) is 12.9. The number of pyridine rings is 1. The molecule has 3 aromatic rings. The zero-order chi connectivity index (χ0) is 23.1. The lowest BCUT2D eigenvalue weighted by Gasteiger charge is -2.23. The van der Waals surface area contributed by atoms with Crippen LogP contribution in [0.4, 0.5) is 4.39 Å².